The van der Waals surface area contributed by atoms with E-state index in [1.807, 2.05) is 18.2 Å². The van der Waals surface area contributed by atoms with Gasteiger partial charge in [0.1, 0.15) is 0 Å². The van der Waals surface area contributed by atoms with E-state index >= 15 is 0 Å². The normalized spacial score (nSPS) is 11.1. The monoisotopic (exact) mass is 243 g/mol. The summed E-state index contributed by atoms with van der Waals surface area (Å²) in [6, 6.07) is 7.29. The lowest BCUT2D eigenvalue weighted by atomic mass is 10.3. The molecule has 0 amide bonds. The van der Waals surface area contributed by atoms with Crippen molar-refractivity contribution in [1.29, 1.82) is 0 Å². The van der Waals surface area contributed by atoms with E-state index in [1.54, 1.807) is 16.7 Å². The Morgan fingerprint density at radius 2 is 2.17 bits per heavy atom. The van der Waals surface area contributed by atoms with E-state index in [2.05, 4.69) is 9.97 Å². The van der Waals surface area contributed by atoms with Crippen LogP contribution in [-0.4, -0.2) is 25.4 Å². The summed E-state index contributed by atoms with van der Waals surface area (Å²) in [6.45, 7) is 0. The number of fused-ring (bicyclic) bond motifs is 3. The molecule has 2 N–H and O–H groups in total. The second-order valence-electron chi connectivity index (χ2n) is 3.97. The van der Waals surface area contributed by atoms with Gasteiger partial charge in [-0.1, -0.05) is 12.1 Å². The van der Waals surface area contributed by atoms with Gasteiger partial charge in [0, 0.05) is 6.20 Å². The first kappa shape index (κ1) is 10.5. The third-order valence-corrected chi connectivity index (χ3v) is 2.70. The van der Waals surface area contributed by atoms with Gasteiger partial charge in [0.05, 0.1) is 23.1 Å². The van der Waals surface area contributed by atoms with Gasteiger partial charge < -0.3 is 10.1 Å². The van der Waals surface area contributed by atoms with Crippen molar-refractivity contribution in [2.75, 3.05) is 0 Å². The molecule has 0 fully saturated rings. The van der Waals surface area contributed by atoms with Crippen LogP contribution in [-0.2, 0) is 11.2 Å². The second kappa shape index (κ2) is 3.69. The first-order valence-corrected chi connectivity index (χ1v) is 5.36. The Morgan fingerprint density at radius 1 is 1.39 bits per heavy atom. The number of carboxylic acid groups (broad SMARTS) is 1. The highest BCUT2D eigenvalue weighted by Crippen LogP contribution is 2.12. The molecule has 0 aliphatic rings. The van der Waals surface area contributed by atoms with E-state index in [1.165, 1.54) is 0 Å². The number of nitrogens with one attached hydrogen (secondary N) is 1. The molecule has 0 unspecified atom stereocenters. The largest absolute Gasteiger partial charge is 0.481 e. The van der Waals surface area contributed by atoms with E-state index in [0.29, 0.717) is 11.2 Å². The molecular weight excluding hydrogens is 234 g/mol. The number of aromatic nitrogens is 3. The fourth-order valence-electron chi connectivity index (χ4n) is 1.98. The molecule has 1 aromatic carbocycles. The van der Waals surface area contributed by atoms with Gasteiger partial charge in [0.25, 0.3) is 5.56 Å². The number of carbonyl (C=O) groups is 1. The van der Waals surface area contributed by atoms with Crippen molar-refractivity contribution in [2.24, 2.45) is 0 Å². The van der Waals surface area contributed by atoms with Crippen LogP contribution in [0.3, 0.4) is 0 Å². The molecule has 2 heterocycles. The Labute approximate surface area is 101 Å². The Kier molecular flexibility index (Phi) is 2.16. The second-order valence-corrected chi connectivity index (χ2v) is 3.97. The van der Waals surface area contributed by atoms with Crippen molar-refractivity contribution in [3.8, 4) is 0 Å². The first-order chi connectivity index (χ1) is 8.65. The van der Waals surface area contributed by atoms with Gasteiger partial charge in [0.15, 0.2) is 0 Å². The summed E-state index contributed by atoms with van der Waals surface area (Å²) in [4.78, 5) is 29.2. The van der Waals surface area contributed by atoms with Crippen LogP contribution in [0, 0.1) is 0 Å². The molecule has 3 aromatic rings. The van der Waals surface area contributed by atoms with Gasteiger partial charge in [-0.2, -0.15) is 0 Å². The summed E-state index contributed by atoms with van der Waals surface area (Å²) >= 11 is 0. The average molecular weight is 243 g/mol. The third-order valence-electron chi connectivity index (χ3n) is 2.70. The Hall–Kier alpha value is -2.63. The first-order valence-electron chi connectivity index (χ1n) is 5.36. The zero-order chi connectivity index (χ0) is 12.7. The van der Waals surface area contributed by atoms with Crippen LogP contribution in [0.25, 0.3) is 16.7 Å². The molecule has 3 rings (SSSR count). The van der Waals surface area contributed by atoms with E-state index < -0.39 is 5.97 Å². The summed E-state index contributed by atoms with van der Waals surface area (Å²) in [5.74, 6) is -0.973. The number of benzene rings is 1. The summed E-state index contributed by atoms with van der Waals surface area (Å²) in [7, 11) is 0. The number of carboxylic acids is 1. The molecule has 90 valence electrons. The summed E-state index contributed by atoms with van der Waals surface area (Å²) in [6.07, 6.45) is 1.39. The molecule has 6 nitrogen and oxygen atoms in total. The van der Waals surface area contributed by atoms with Crippen molar-refractivity contribution in [3.05, 3.63) is 46.5 Å². The zero-order valence-electron chi connectivity index (χ0n) is 9.25. The average Bonchev–Trinajstić information content (AvgIpc) is 2.73. The van der Waals surface area contributed by atoms with E-state index in [0.717, 1.165) is 5.52 Å². The molecule has 0 saturated heterocycles. The van der Waals surface area contributed by atoms with Gasteiger partial charge in [-0.3, -0.25) is 14.0 Å². The van der Waals surface area contributed by atoms with E-state index in [9.17, 15) is 9.59 Å². The van der Waals surface area contributed by atoms with Crippen LogP contribution in [0.2, 0.25) is 0 Å². The van der Waals surface area contributed by atoms with Crippen LogP contribution < -0.4 is 5.56 Å². The van der Waals surface area contributed by atoms with Crippen LogP contribution in [0.1, 0.15) is 5.69 Å². The zero-order valence-corrected chi connectivity index (χ0v) is 9.25. The molecule has 18 heavy (non-hydrogen) atoms. The van der Waals surface area contributed by atoms with Crippen molar-refractivity contribution in [2.45, 2.75) is 6.42 Å². The smallest absolute Gasteiger partial charge is 0.309 e. The predicted octanol–water partition coefficient (Wildman–Crippen LogP) is 0.803. The number of imidazole rings is 1. The lowest BCUT2D eigenvalue weighted by Crippen LogP contribution is -2.10. The quantitative estimate of drug-likeness (QED) is 0.697. The van der Waals surface area contributed by atoms with Crippen molar-refractivity contribution in [1.82, 2.24) is 14.4 Å². The predicted molar refractivity (Wildman–Crippen MR) is 64.7 cm³/mol. The molecule has 0 spiro atoms. The van der Waals surface area contributed by atoms with Crippen LogP contribution in [0.5, 0.6) is 0 Å². The molecule has 6 heteroatoms. The fraction of sp³-hybridized carbons (Fsp3) is 0.0833. The lowest BCUT2D eigenvalue weighted by molar-refractivity contribution is -0.136. The highest BCUT2D eigenvalue weighted by atomic mass is 16.4. The molecule has 0 radical (unpaired) electrons. The van der Waals surface area contributed by atoms with Gasteiger partial charge in [-0.25, -0.2) is 4.98 Å². The molecule has 2 aromatic heterocycles. The fourth-order valence-corrected chi connectivity index (χ4v) is 1.98. The number of aliphatic carboxylic acids is 1. The number of rotatable bonds is 2. The summed E-state index contributed by atoms with van der Waals surface area (Å²) < 4.78 is 1.62. The maximum Gasteiger partial charge on any atom is 0.309 e. The standard InChI is InChI=1S/C12H9N3O3/c16-10(17)5-7-6-15-9-4-2-1-3-8(9)14-12(18)11(15)13-7/h1-4,6H,5H2,(H,14,18)(H,16,17). The topological polar surface area (TPSA) is 87.5 Å². The lowest BCUT2D eigenvalue weighted by Gasteiger charge is -1.99. The number of para-hydroxylation sites is 2. The summed E-state index contributed by atoms with van der Waals surface area (Å²) in [5.41, 5.74) is 1.73. The molecular formula is C12H9N3O3. The third kappa shape index (κ3) is 1.55. The van der Waals surface area contributed by atoms with E-state index in [-0.39, 0.29) is 17.6 Å². The van der Waals surface area contributed by atoms with Crippen molar-refractivity contribution >= 4 is 22.6 Å². The van der Waals surface area contributed by atoms with Crippen LogP contribution in [0.15, 0.2) is 35.3 Å². The highest BCUT2D eigenvalue weighted by molar-refractivity contribution is 5.77. The van der Waals surface area contributed by atoms with Gasteiger partial charge in [-0.05, 0) is 12.1 Å². The minimum absolute atomic E-state index is 0.199. The van der Waals surface area contributed by atoms with Gasteiger partial charge in [0.2, 0.25) is 5.65 Å². The van der Waals surface area contributed by atoms with Crippen LogP contribution in [0.4, 0.5) is 0 Å². The minimum atomic E-state index is -0.973. The number of hydrogen-bond donors (Lipinski definition) is 2. The number of aromatic amines is 1. The molecule has 0 aliphatic carbocycles. The van der Waals surface area contributed by atoms with Crippen LogP contribution >= 0.6 is 0 Å². The molecule has 0 bridgehead atoms. The molecule has 0 atom stereocenters. The number of nitrogens with zero attached hydrogens (tertiary/aromatic N) is 2. The van der Waals surface area contributed by atoms with Crippen molar-refractivity contribution in [3.63, 3.8) is 0 Å². The number of H-pyrrole nitrogens is 1. The molecule has 0 aliphatic heterocycles. The maximum atomic E-state index is 11.8. The minimum Gasteiger partial charge on any atom is -0.481 e. The Bertz CT molecular complexity index is 816. The number of hydrogen-bond acceptors (Lipinski definition) is 3. The van der Waals surface area contributed by atoms with Gasteiger partial charge in [-0.15, -0.1) is 0 Å². The SMILES string of the molecule is O=C(O)Cc1cn2c(n1)c(=O)[nH]c1ccccc12. The Balaban J connectivity index is 2.37. The molecule has 0 saturated carbocycles. The Morgan fingerprint density at radius 3 is 2.94 bits per heavy atom. The highest BCUT2D eigenvalue weighted by Gasteiger charge is 2.10. The maximum absolute atomic E-state index is 11.8. The van der Waals surface area contributed by atoms with Gasteiger partial charge >= 0.3 is 5.97 Å². The van der Waals surface area contributed by atoms with Crippen molar-refractivity contribution < 1.29 is 9.90 Å². The van der Waals surface area contributed by atoms with E-state index in [4.69, 9.17) is 5.11 Å². The summed E-state index contributed by atoms with van der Waals surface area (Å²) in [5, 5.41) is 8.74.